The minimum absolute atomic E-state index is 0.00474. The van der Waals surface area contributed by atoms with Crippen molar-refractivity contribution in [1.82, 2.24) is 40.2 Å². The molecule has 0 amide bonds. The van der Waals surface area contributed by atoms with Crippen molar-refractivity contribution in [3.05, 3.63) is 71.4 Å². The Hall–Kier alpha value is -4.10. The van der Waals surface area contributed by atoms with E-state index in [9.17, 15) is 25.9 Å². The van der Waals surface area contributed by atoms with Crippen LogP contribution in [0.5, 0.6) is 5.75 Å². The van der Waals surface area contributed by atoms with Gasteiger partial charge in [-0.3, -0.25) is 4.99 Å². The number of nitrogens with one attached hydrogen (secondary N) is 4. The molecular weight excluding hydrogens is 909 g/mol. The molecule has 7 rings (SSSR count). The molecule has 2 aromatic heterocycles. The Morgan fingerprint density at radius 1 is 0.768 bits per heavy atom. The van der Waals surface area contributed by atoms with Crippen molar-refractivity contribution < 1.29 is 35.1 Å². The summed E-state index contributed by atoms with van der Waals surface area (Å²) in [5.74, 6) is -0.570. The number of anilines is 3. The number of benzene rings is 2. The molecule has 4 aliphatic rings. The molecule has 0 fully saturated rings. The Morgan fingerprint density at radius 3 is 1.98 bits per heavy atom. The molecule has 0 radical (unpaired) electrons. The normalized spacial score (nSPS) is 17.0. The third-order valence-electron chi connectivity index (χ3n) is 7.73. The fraction of sp³-hybridized carbons (Fsp3) is 0.214. The minimum Gasteiger partial charge on any atom is -0.744 e. The predicted octanol–water partition coefficient (Wildman–Crippen LogP) is 3.71. The van der Waals surface area contributed by atoms with Gasteiger partial charge >= 0.3 is 0 Å². The highest BCUT2D eigenvalue weighted by molar-refractivity contribution is 7.89. The fourth-order valence-electron chi connectivity index (χ4n) is 5.58. The molecule has 2 aliphatic heterocycles. The molecule has 0 saturated heterocycles. The second kappa shape index (κ2) is 15.7. The van der Waals surface area contributed by atoms with Crippen LogP contribution in [0.2, 0.25) is 31.2 Å². The third-order valence-corrected chi connectivity index (χ3v) is 11.0. The molecule has 0 spiro atoms. The lowest BCUT2D eigenvalue weighted by Crippen LogP contribution is -2.46. The van der Waals surface area contributed by atoms with Crippen molar-refractivity contribution in [2.45, 2.75) is 17.0 Å². The van der Waals surface area contributed by atoms with E-state index < -0.39 is 47.9 Å². The lowest BCUT2D eigenvalue weighted by atomic mass is 10.00. The zero-order chi connectivity index (χ0) is 40.1. The first-order valence-electron chi connectivity index (χ1n) is 15.4. The van der Waals surface area contributed by atoms with Gasteiger partial charge in [0, 0.05) is 19.6 Å². The van der Waals surface area contributed by atoms with E-state index in [0.717, 1.165) is 0 Å². The maximum absolute atomic E-state index is 12.7. The molecule has 2 aliphatic carbocycles. The van der Waals surface area contributed by atoms with Gasteiger partial charge in [0.05, 0.1) is 28.5 Å². The molecule has 294 valence electrons. The lowest BCUT2D eigenvalue weighted by Gasteiger charge is -2.39. The van der Waals surface area contributed by atoms with Gasteiger partial charge < -0.3 is 39.5 Å². The number of allylic oxidation sites excluding steroid dienone is 1. The molecule has 28 heteroatoms. The van der Waals surface area contributed by atoms with E-state index in [1.54, 1.807) is 0 Å². The highest BCUT2D eigenvalue weighted by Crippen LogP contribution is 2.50. The van der Waals surface area contributed by atoms with Crippen molar-refractivity contribution in [3.8, 4) is 17.2 Å². The fourth-order valence-corrected chi connectivity index (χ4v) is 8.49. The predicted molar refractivity (Wildman–Crippen MR) is 201 cm³/mol. The Labute approximate surface area is 344 Å². The maximum atomic E-state index is 12.7. The van der Waals surface area contributed by atoms with Crippen molar-refractivity contribution in [2.75, 3.05) is 42.1 Å². The van der Waals surface area contributed by atoms with Crippen LogP contribution in [0, 0.1) is 0 Å². The van der Waals surface area contributed by atoms with Crippen LogP contribution in [0.3, 0.4) is 0 Å². The number of hydrogen-bond donors (Lipinski definition) is 4. The average Bonchev–Trinajstić information content (AvgIpc) is 3.10. The molecular formula is C28H18Cl6N12O8S2-2. The van der Waals surface area contributed by atoms with E-state index in [-0.39, 0.29) is 109 Å². The van der Waals surface area contributed by atoms with Crippen LogP contribution in [-0.4, -0.2) is 99.2 Å². The molecule has 56 heavy (non-hydrogen) atoms. The van der Waals surface area contributed by atoms with Crippen LogP contribution in [-0.2, 0) is 20.2 Å². The summed E-state index contributed by atoms with van der Waals surface area (Å²) >= 11 is 36.7. The third kappa shape index (κ3) is 8.30. The van der Waals surface area contributed by atoms with Gasteiger partial charge in [-0.15, -0.1) is 0 Å². The summed E-state index contributed by atoms with van der Waals surface area (Å²) in [5.41, 5.74) is -0.610. The first kappa shape index (κ1) is 40.1. The number of nitrogens with zero attached hydrogens (tertiary/aromatic N) is 8. The Morgan fingerprint density at radius 2 is 1.38 bits per heavy atom. The quantitative estimate of drug-likeness (QED) is 0.0834. The highest BCUT2D eigenvalue weighted by atomic mass is 35.5. The zero-order valence-corrected chi connectivity index (χ0v) is 33.4. The van der Waals surface area contributed by atoms with E-state index in [1.807, 2.05) is 0 Å². The molecule has 2 unspecified atom stereocenters. The van der Waals surface area contributed by atoms with E-state index in [4.69, 9.17) is 78.8 Å². The van der Waals surface area contributed by atoms with Crippen LogP contribution < -0.4 is 31.4 Å². The maximum Gasteiger partial charge on any atom is 0.228 e. The monoisotopic (exact) mass is 924 g/mol. The molecule has 2 atom stereocenters. The van der Waals surface area contributed by atoms with Gasteiger partial charge in [0.2, 0.25) is 33.0 Å². The van der Waals surface area contributed by atoms with E-state index >= 15 is 0 Å². The molecule has 1 aromatic carbocycles. The van der Waals surface area contributed by atoms with Crippen LogP contribution in [0.15, 0.2) is 49.2 Å². The van der Waals surface area contributed by atoms with Crippen LogP contribution in [0.4, 0.5) is 17.6 Å². The molecule has 3 aromatic rings. The summed E-state index contributed by atoms with van der Waals surface area (Å²) in [6.45, 7) is 0.168. The number of rotatable bonds is 11. The van der Waals surface area contributed by atoms with Crippen molar-refractivity contribution in [2.24, 2.45) is 4.99 Å². The SMILES string of the molecule is O=S(=O)([O-])C1=C(NCCNc2nc(Cl)nc(Cl)n2)C=CC2Nc3c(c(Cl)c4nc5ccc(=NCCNc6nc(Cl)nc(Cl)n6)c(S(=O)(=O)[O-])c-5oc4c3Cl)OC12. The number of fused-ring (bicyclic) bond motifs is 4. The van der Waals surface area contributed by atoms with Crippen LogP contribution in [0.25, 0.3) is 22.6 Å². The van der Waals surface area contributed by atoms with Gasteiger partial charge in [-0.2, -0.15) is 29.9 Å². The Kier molecular flexibility index (Phi) is 11.2. The van der Waals surface area contributed by atoms with E-state index in [1.165, 1.54) is 24.3 Å². The number of halogens is 6. The van der Waals surface area contributed by atoms with Gasteiger partial charge in [-0.05, 0) is 64.6 Å². The largest absolute Gasteiger partial charge is 0.744 e. The molecule has 4 heterocycles. The first-order chi connectivity index (χ1) is 26.5. The summed E-state index contributed by atoms with van der Waals surface area (Å²) in [5, 5.41) is 10.2. The Balaban J connectivity index is 1.20. The Bertz CT molecular complexity index is 2720. The molecule has 4 N–H and O–H groups in total. The van der Waals surface area contributed by atoms with Gasteiger partial charge in [0.1, 0.15) is 52.1 Å². The van der Waals surface area contributed by atoms with Crippen LogP contribution >= 0.6 is 69.6 Å². The average molecular weight is 927 g/mol. The molecule has 0 bridgehead atoms. The highest BCUT2D eigenvalue weighted by Gasteiger charge is 2.41. The topological polar surface area (TPSA) is 287 Å². The summed E-state index contributed by atoms with van der Waals surface area (Å²) < 4.78 is 87.8. The van der Waals surface area contributed by atoms with Crippen LogP contribution in [0.1, 0.15) is 0 Å². The smallest absolute Gasteiger partial charge is 0.228 e. The zero-order valence-electron chi connectivity index (χ0n) is 27.2. The standard InChI is InChI=1S/C28H20Cl6N12O8S2/c29-13-15-19(53-17-9(39-15)1-3-11(21(17)55(47,48)49)35-5-7-37-27-43-23(31)41-24(32)44-27)14(30)16-20(13)54-18-10(40-16)2-4-12(22(18)56(50,51)52)36-6-8-38-28-45-25(33)42-26(34)46-28/h1-4,9,17,35,39H,5-8H2,(H,47,48,49)(H,50,51,52)(H,37,41,43,44)(H,38,42,45,46)/p-2. The lowest BCUT2D eigenvalue weighted by molar-refractivity contribution is 0.220. The van der Waals surface area contributed by atoms with Crippen molar-refractivity contribution in [1.29, 1.82) is 0 Å². The van der Waals surface area contributed by atoms with E-state index in [0.29, 0.717) is 0 Å². The molecule has 20 nitrogen and oxygen atoms in total. The van der Waals surface area contributed by atoms with Gasteiger partial charge in [-0.1, -0.05) is 29.3 Å². The summed E-state index contributed by atoms with van der Waals surface area (Å²) in [6.07, 6.45) is 1.44. The van der Waals surface area contributed by atoms with E-state index in [2.05, 4.69) is 61.1 Å². The summed E-state index contributed by atoms with van der Waals surface area (Å²) in [7, 11) is -10.4. The van der Waals surface area contributed by atoms with Gasteiger partial charge in [0.25, 0.3) is 0 Å². The molecule has 0 saturated carbocycles. The van der Waals surface area contributed by atoms with Crippen molar-refractivity contribution in [3.63, 3.8) is 0 Å². The van der Waals surface area contributed by atoms with Crippen molar-refractivity contribution >= 4 is 119 Å². The number of ether oxygens (including phenoxy) is 1. The second-order valence-corrected chi connectivity index (χ2v) is 16.1. The number of hydrogen-bond acceptors (Lipinski definition) is 20. The van der Waals surface area contributed by atoms with Gasteiger partial charge in [-0.25, -0.2) is 21.8 Å². The number of aromatic nitrogens is 7. The summed E-state index contributed by atoms with van der Waals surface area (Å²) in [6, 6.07) is 1.58. The first-order valence-corrected chi connectivity index (χ1v) is 20.5. The van der Waals surface area contributed by atoms with Gasteiger partial charge in [0.15, 0.2) is 23.2 Å². The second-order valence-electron chi connectivity index (χ2n) is 11.3. The summed E-state index contributed by atoms with van der Waals surface area (Å²) in [4.78, 5) is 29.9. The minimum atomic E-state index is -5.25.